The zero-order valence-electron chi connectivity index (χ0n) is 12.6. The van der Waals surface area contributed by atoms with E-state index in [9.17, 15) is 4.79 Å². The zero-order chi connectivity index (χ0) is 15.7. The highest BCUT2D eigenvalue weighted by atomic mass is 16.5. The van der Waals surface area contributed by atoms with Crippen LogP contribution in [0.5, 0.6) is 11.5 Å². The predicted octanol–water partition coefficient (Wildman–Crippen LogP) is 1.66. The van der Waals surface area contributed by atoms with Crippen molar-refractivity contribution < 1.29 is 9.47 Å². The van der Waals surface area contributed by atoms with Crippen LogP contribution in [-0.4, -0.2) is 33.8 Å². The van der Waals surface area contributed by atoms with E-state index >= 15 is 0 Å². The first-order valence-corrected chi connectivity index (χ1v) is 6.87. The molecule has 7 heteroatoms. The molecule has 0 saturated heterocycles. The van der Waals surface area contributed by atoms with Gasteiger partial charge in [0.25, 0.3) is 11.3 Å². The molecular formula is C15H16N4O3. The van der Waals surface area contributed by atoms with Gasteiger partial charge in [0.05, 0.1) is 19.9 Å². The number of nitrogens with one attached hydrogen (secondary N) is 1. The SMILES string of the molecule is CCc1nc2nc(-c3ccc(OC)c(OC)c3)cc(=O)n2[nH]1. The number of aromatic nitrogens is 4. The molecule has 2 aromatic heterocycles. The van der Waals surface area contributed by atoms with Crippen molar-refractivity contribution in [2.45, 2.75) is 13.3 Å². The van der Waals surface area contributed by atoms with Crippen LogP contribution in [0.25, 0.3) is 17.0 Å². The molecule has 0 atom stereocenters. The summed E-state index contributed by atoms with van der Waals surface area (Å²) < 4.78 is 11.8. The number of ether oxygens (including phenoxy) is 2. The number of methoxy groups -OCH3 is 2. The van der Waals surface area contributed by atoms with E-state index < -0.39 is 0 Å². The molecule has 0 spiro atoms. The maximum absolute atomic E-state index is 12.2. The molecule has 0 amide bonds. The summed E-state index contributed by atoms with van der Waals surface area (Å²) in [6, 6.07) is 6.85. The molecule has 114 valence electrons. The quantitative estimate of drug-likeness (QED) is 0.792. The first-order chi connectivity index (χ1) is 10.7. The van der Waals surface area contributed by atoms with Crippen LogP contribution in [0.4, 0.5) is 0 Å². The molecule has 0 aliphatic carbocycles. The first kappa shape index (κ1) is 14.1. The number of benzene rings is 1. The van der Waals surface area contributed by atoms with Gasteiger partial charge in [0.15, 0.2) is 11.5 Å². The normalized spacial score (nSPS) is 10.9. The van der Waals surface area contributed by atoms with E-state index in [1.807, 2.05) is 13.0 Å². The van der Waals surface area contributed by atoms with Crippen LogP contribution < -0.4 is 15.0 Å². The molecule has 3 aromatic rings. The second kappa shape index (κ2) is 5.51. The topological polar surface area (TPSA) is 81.5 Å². The van der Waals surface area contributed by atoms with E-state index in [2.05, 4.69) is 15.1 Å². The van der Waals surface area contributed by atoms with Crippen LogP contribution in [0.2, 0.25) is 0 Å². The Balaban J connectivity index is 2.15. The van der Waals surface area contributed by atoms with Crippen LogP contribution in [0.1, 0.15) is 12.7 Å². The highest BCUT2D eigenvalue weighted by Gasteiger charge is 2.11. The summed E-state index contributed by atoms with van der Waals surface area (Å²) in [5, 5.41) is 2.92. The Bertz CT molecular complexity index is 882. The molecule has 0 bridgehead atoms. The summed E-state index contributed by atoms with van der Waals surface area (Å²) in [6.07, 6.45) is 0.703. The van der Waals surface area contributed by atoms with Gasteiger partial charge in [-0.2, -0.15) is 9.50 Å². The number of nitrogens with zero attached hydrogens (tertiary/aromatic N) is 3. The number of fused-ring (bicyclic) bond motifs is 1. The van der Waals surface area contributed by atoms with E-state index in [1.165, 1.54) is 10.6 Å². The van der Waals surface area contributed by atoms with Gasteiger partial charge >= 0.3 is 0 Å². The molecule has 1 aromatic carbocycles. The average Bonchev–Trinajstić information content (AvgIpc) is 2.98. The average molecular weight is 300 g/mol. The lowest BCUT2D eigenvalue weighted by Crippen LogP contribution is -2.14. The lowest BCUT2D eigenvalue weighted by atomic mass is 10.1. The van der Waals surface area contributed by atoms with Gasteiger partial charge in [0.1, 0.15) is 5.82 Å². The van der Waals surface area contributed by atoms with Crippen LogP contribution in [0, 0.1) is 0 Å². The molecule has 0 saturated carbocycles. The van der Waals surface area contributed by atoms with Crippen molar-refractivity contribution in [3.05, 3.63) is 40.4 Å². The van der Waals surface area contributed by atoms with Gasteiger partial charge in [-0.1, -0.05) is 6.92 Å². The maximum atomic E-state index is 12.2. The van der Waals surface area contributed by atoms with Crippen molar-refractivity contribution in [2.75, 3.05) is 14.2 Å². The Hall–Kier alpha value is -2.83. The molecule has 0 unspecified atom stereocenters. The molecule has 3 rings (SSSR count). The van der Waals surface area contributed by atoms with Gasteiger partial charge in [-0.15, -0.1) is 0 Å². The van der Waals surface area contributed by atoms with Crippen LogP contribution in [0.15, 0.2) is 29.1 Å². The molecular weight excluding hydrogens is 284 g/mol. The van der Waals surface area contributed by atoms with Gasteiger partial charge in [0.2, 0.25) is 0 Å². The van der Waals surface area contributed by atoms with Gasteiger partial charge in [-0.3, -0.25) is 9.89 Å². The molecule has 1 N–H and O–H groups in total. The first-order valence-electron chi connectivity index (χ1n) is 6.87. The molecule has 0 fully saturated rings. The lowest BCUT2D eigenvalue weighted by molar-refractivity contribution is 0.355. The Morgan fingerprint density at radius 3 is 2.59 bits per heavy atom. The second-order valence-electron chi connectivity index (χ2n) is 4.71. The number of H-pyrrole nitrogens is 1. The van der Waals surface area contributed by atoms with Crippen molar-refractivity contribution in [1.29, 1.82) is 0 Å². The van der Waals surface area contributed by atoms with E-state index in [0.717, 1.165) is 5.56 Å². The summed E-state index contributed by atoms with van der Waals surface area (Å²) in [5.41, 5.74) is 1.10. The van der Waals surface area contributed by atoms with Crippen molar-refractivity contribution in [1.82, 2.24) is 19.6 Å². The molecule has 2 heterocycles. The summed E-state index contributed by atoms with van der Waals surface area (Å²) in [6.45, 7) is 1.96. The van der Waals surface area contributed by atoms with Crippen molar-refractivity contribution in [3.8, 4) is 22.8 Å². The fourth-order valence-electron chi connectivity index (χ4n) is 2.23. The number of rotatable bonds is 4. The molecule has 0 aliphatic heterocycles. The van der Waals surface area contributed by atoms with E-state index in [0.29, 0.717) is 35.2 Å². The van der Waals surface area contributed by atoms with Crippen LogP contribution >= 0.6 is 0 Å². The second-order valence-corrected chi connectivity index (χ2v) is 4.71. The third-order valence-electron chi connectivity index (χ3n) is 3.39. The predicted molar refractivity (Wildman–Crippen MR) is 81.5 cm³/mol. The van der Waals surface area contributed by atoms with Crippen molar-refractivity contribution in [2.24, 2.45) is 0 Å². The number of hydrogen-bond donors (Lipinski definition) is 1. The number of hydrogen-bond acceptors (Lipinski definition) is 5. The summed E-state index contributed by atoms with van der Waals surface area (Å²) in [7, 11) is 3.14. The lowest BCUT2D eigenvalue weighted by Gasteiger charge is -2.09. The largest absolute Gasteiger partial charge is 0.493 e. The molecule has 7 nitrogen and oxygen atoms in total. The Morgan fingerprint density at radius 1 is 1.14 bits per heavy atom. The fourth-order valence-corrected chi connectivity index (χ4v) is 2.23. The van der Waals surface area contributed by atoms with Gasteiger partial charge in [-0.25, -0.2) is 4.98 Å². The minimum atomic E-state index is -0.206. The van der Waals surface area contributed by atoms with Gasteiger partial charge < -0.3 is 9.47 Å². The smallest absolute Gasteiger partial charge is 0.274 e. The standard InChI is InChI=1S/C15H16N4O3/c1-4-13-17-15-16-10(8-14(20)19(15)18-13)9-5-6-11(21-2)12(7-9)22-3/h5-8H,4H2,1-3H3,(H,16,17,18). The summed E-state index contributed by atoms with van der Waals surface area (Å²) in [5.74, 6) is 2.28. The highest BCUT2D eigenvalue weighted by molar-refractivity contribution is 5.64. The Kier molecular flexibility index (Phi) is 3.54. The molecule has 22 heavy (non-hydrogen) atoms. The Morgan fingerprint density at radius 2 is 1.91 bits per heavy atom. The third kappa shape index (κ3) is 2.30. The molecule has 0 radical (unpaired) electrons. The monoisotopic (exact) mass is 300 g/mol. The van der Waals surface area contributed by atoms with Gasteiger partial charge in [-0.05, 0) is 18.2 Å². The van der Waals surface area contributed by atoms with Crippen LogP contribution in [-0.2, 0) is 6.42 Å². The van der Waals surface area contributed by atoms with E-state index in [4.69, 9.17) is 9.47 Å². The minimum absolute atomic E-state index is 0.206. The highest BCUT2D eigenvalue weighted by Crippen LogP contribution is 2.31. The zero-order valence-corrected chi connectivity index (χ0v) is 12.6. The van der Waals surface area contributed by atoms with Gasteiger partial charge in [0, 0.05) is 18.1 Å². The van der Waals surface area contributed by atoms with Crippen LogP contribution in [0.3, 0.4) is 0 Å². The Labute approximate surface area is 126 Å². The summed E-state index contributed by atoms with van der Waals surface area (Å²) in [4.78, 5) is 20.9. The minimum Gasteiger partial charge on any atom is -0.493 e. The van der Waals surface area contributed by atoms with Crippen molar-refractivity contribution in [3.63, 3.8) is 0 Å². The summed E-state index contributed by atoms with van der Waals surface area (Å²) >= 11 is 0. The number of aryl methyl sites for hydroxylation is 1. The number of aromatic amines is 1. The van der Waals surface area contributed by atoms with E-state index in [-0.39, 0.29) is 5.56 Å². The maximum Gasteiger partial charge on any atom is 0.274 e. The molecule has 0 aliphatic rings. The van der Waals surface area contributed by atoms with Crippen molar-refractivity contribution >= 4 is 5.78 Å². The third-order valence-corrected chi connectivity index (χ3v) is 3.39. The van der Waals surface area contributed by atoms with E-state index in [1.54, 1.807) is 26.4 Å². The fraction of sp³-hybridized carbons (Fsp3) is 0.267.